The maximum Gasteiger partial charge on any atom is 0.234 e. The van der Waals surface area contributed by atoms with Crippen LogP contribution in [0.25, 0.3) is 0 Å². The third kappa shape index (κ3) is 4.04. The summed E-state index contributed by atoms with van der Waals surface area (Å²) >= 11 is 7.27. The number of rotatable bonds is 4. The number of carbonyl (C=O) groups excluding carboxylic acids is 1. The number of aromatic nitrogens is 1. The molecule has 1 N–H and O–H groups in total. The number of aryl methyl sites for hydroxylation is 1. The van der Waals surface area contributed by atoms with E-state index in [0.29, 0.717) is 21.3 Å². The van der Waals surface area contributed by atoms with Crippen LogP contribution in [0.1, 0.15) is 22.4 Å². The lowest BCUT2D eigenvalue weighted by Gasteiger charge is -2.11. The van der Waals surface area contributed by atoms with E-state index in [1.807, 2.05) is 20.8 Å². The van der Waals surface area contributed by atoms with Crippen LogP contribution in [-0.2, 0) is 4.79 Å². The van der Waals surface area contributed by atoms with E-state index >= 15 is 0 Å². The first-order valence-electron chi connectivity index (χ1n) is 6.99. The minimum Gasteiger partial charge on any atom is -0.324 e. The molecule has 23 heavy (non-hydrogen) atoms. The van der Waals surface area contributed by atoms with Gasteiger partial charge in [-0.3, -0.25) is 4.79 Å². The molecule has 1 aromatic carbocycles. The lowest BCUT2D eigenvalue weighted by atomic mass is 10.1. The fourth-order valence-electron chi connectivity index (χ4n) is 2.03. The van der Waals surface area contributed by atoms with Crippen molar-refractivity contribution in [2.75, 3.05) is 11.1 Å². The first-order valence-corrected chi connectivity index (χ1v) is 8.35. The predicted octanol–water partition coefficient (Wildman–Crippen LogP) is 4.26. The summed E-state index contributed by atoms with van der Waals surface area (Å²) in [6, 6.07) is 9.23. The quantitative estimate of drug-likeness (QED) is 0.841. The summed E-state index contributed by atoms with van der Waals surface area (Å²) in [5.74, 6) is -0.0286. The van der Waals surface area contributed by atoms with Gasteiger partial charge in [0.2, 0.25) is 5.91 Å². The first-order chi connectivity index (χ1) is 10.9. The number of anilines is 1. The highest BCUT2D eigenvalue weighted by Crippen LogP contribution is 2.27. The second-order valence-corrected chi connectivity index (χ2v) is 6.43. The Bertz CT molecular complexity index is 799. The van der Waals surface area contributed by atoms with Crippen LogP contribution in [-0.4, -0.2) is 16.6 Å². The zero-order chi connectivity index (χ0) is 17.0. The fourth-order valence-corrected chi connectivity index (χ4v) is 3.10. The first kappa shape index (κ1) is 17.3. The van der Waals surface area contributed by atoms with Crippen molar-refractivity contribution in [2.45, 2.75) is 25.8 Å². The Hall–Kier alpha value is -2.03. The molecule has 0 aliphatic heterocycles. The molecule has 0 radical (unpaired) electrons. The molecule has 1 aromatic heterocycles. The van der Waals surface area contributed by atoms with E-state index in [1.54, 1.807) is 24.3 Å². The summed E-state index contributed by atoms with van der Waals surface area (Å²) < 4.78 is 0. The van der Waals surface area contributed by atoms with Gasteiger partial charge in [-0.1, -0.05) is 35.5 Å². The summed E-state index contributed by atoms with van der Waals surface area (Å²) in [5, 5.41) is 13.2. The molecule has 0 fully saturated rings. The summed E-state index contributed by atoms with van der Waals surface area (Å²) in [7, 11) is 0. The molecule has 0 aliphatic rings. The lowest BCUT2D eigenvalue weighted by molar-refractivity contribution is -0.113. The van der Waals surface area contributed by atoms with Gasteiger partial charge in [-0.05, 0) is 44.0 Å². The largest absolute Gasteiger partial charge is 0.324 e. The Labute approximate surface area is 144 Å². The molecule has 2 aromatic rings. The zero-order valence-corrected chi connectivity index (χ0v) is 14.7. The molecule has 0 unspecified atom stereocenters. The summed E-state index contributed by atoms with van der Waals surface area (Å²) in [5.41, 5.74) is 3.89. The van der Waals surface area contributed by atoms with Crippen molar-refractivity contribution in [2.24, 2.45) is 0 Å². The molecule has 0 saturated carbocycles. The molecule has 1 heterocycles. The summed E-state index contributed by atoms with van der Waals surface area (Å²) in [6.45, 7) is 5.74. The average Bonchev–Trinajstić information content (AvgIpc) is 2.53. The highest BCUT2D eigenvalue weighted by atomic mass is 35.5. The SMILES string of the molecule is Cc1nc(SCC(=O)Nc2ccccc2Cl)c(C#N)c(C)c1C. The van der Waals surface area contributed by atoms with E-state index < -0.39 is 0 Å². The van der Waals surface area contributed by atoms with Crippen LogP contribution < -0.4 is 5.32 Å². The number of pyridine rings is 1. The molecular weight excluding hydrogens is 330 g/mol. The Morgan fingerprint density at radius 3 is 2.65 bits per heavy atom. The van der Waals surface area contributed by atoms with Gasteiger partial charge in [0.25, 0.3) is 0 Å². The van der Waals surface area contributed by atoms with Gasteiger partial charge >= 0.3 is 0 Å². The van der Waals surface area contributed by atoms with Gasteiger partial charge in [-0.25, -0.2) is 4.98 Å². The molecule has 4 nitrogen and oxygen atoms in total. The molecule has 1 amide bonds. The monoisotopic (exact) mass is 345 g/mol. The summed E-state index contributed by atoms with van der Waals surface area (Å²) in [4.78, 5) is 16.5. The molecule has 2 rings (SSSR count). The number of halogens is 1. The van der Waals surface area contributed by atoms with Gasteiger partial charge in [0.05, 0.1) is 22.0 Å². The van der Waals surface area contributed by atoms with E-state index in [9.17, 15) is 10.1 Å². The minimum absolute atomic E-state index is 0.162. The molecule has 0 saturated heterocycles. The smallest absolute Gasteiger partial charge is 0.234 e. The molecule has 0 spiro atoms. The lowest BCUT2D eigenvalue weighted by Crippen LogP contribution is -2.14. The predicted molar refractivity (Wildman–Crippen MR) is 94.0 cm³/mol. The van der Waals surface area contributed by atoms with Crippen LogP contribution in [0.2, 0.25) is 5.02 Å². The van der Waals surface area contributed by atoms with E-state index in [0.717, 1.165) is 16.8 Å². The number of nitriles is 1. The van der Waals surface area contributed by atoms with Gasteiger partial charge in [-0.2, -0.15) is 5.26 Å². The number of para-hydroxylation sites is 1. The molecule has 0 atom stereocenters. The van der Waals surface area contributed by atoms with Crippen molar-refractivity contribution in [1.29, 1.82) is 5.26 Å². The van der Waals surface area contributed by atoms with E-state index in [2.05, 4.69) is 16.4 Å². The molecular formula is C17H16ClN3OS. The average molecular weight is 346 g/mol. The molecule has 118 valence electrons. The van der Waals surface area contributed by atoms with Crippen molar-refractivity contribution in [3.05, 3.63) is 51.7 Å². The van der Waals surface area contributed by atoms with Crippen molar-refractivity contribution >= 4 is 35.0 Å². The van der Waals surface area contributed by atoms with Crippen molar-refractivity contribution < 1.29 is 4.79 Å². The van der Waals surface area contributed by atoms with Crippen LogP contribution >= 0.6 is 23.4 Å². The Balaban J connectivity index is 2.11. The highest BCUT2D eigenvalue weighted by Gasteiger charge is 2.14. The Kier molecular flexibility index (Phi) is 5.64. The van der Waals surface area contributed by atoms with Crippen LogP contribution in [0.15, 0.2) is 29.3 Å². The number of thioether (sulfide) groups is 1. The van der Waals surface area contributed by atoms with Crippen molar-refractivity contribution in [3.63, 3.8) is 0 Å². The zero-order valence-electron chi connectivity index (χ0n) is 13.1. The topological polar surface area (TPSA) is 65.8 Å². The van der Waals surface area contributed by atoms with Crippen molar-refractivity contribution in [1.82, 2.24) is 4.98 Å². The number of carbonyl (C=O) groups is 1. The fraction of sp³-hybridized carbons (Fsp3) is 0.235. The number of nitrogens with one attached hydrogen (secondary N) is 1. The third-order valence-electron chi connectivity index (χ3n) is 3.56. The van der Waals surface area contributed by atoms with E-state index in [4.69, 9.17) is 11.6 Å². The molecule has 0 aliphatic carbocycles. The van der Waals surface area contributed by atoms with Gasteiger partial charge in [0, 0.05) is 5.69 Å². The van der Waals surface area contributed by atoms with E-state index in [1.165, 1.54) is 11.8 Å². The third-order valence-corrected chi connectivity index (χ3v) is 4.87. The summed E-state index contributed by atoms with van der Waals surface area (Å²) in [6.07, 6.45) is 0. The van der Waals surface area contributed by atoms with Gasteiger partial charge in [-0.15, -0.1) is 0 Å². The van der Waals surface area contributed by atoms with Gasteiger partial charge in [0.1, 0.15) is 11.1 Å². The second-order valence-electron chi connectivity index (χ2n) is 5.06. The number of benzene rings is 1. The maximum atomic E-state index is 12.1. The van der Waals surface area contributed by atoms with Crippen LogP contribution in [0, 0.1) is 32.1 Å². The van der Waals surface area contributed by atoms with Gasteiger partial charge < -0.3 is 5.32 Å². The number of hydrogen-bond acceptors (Lipinski definition) is 4. The van der Waals surface area contributed by atoms with Gasteiger partial charge in [0.15, 0.2) is 0 Å². The second kappa shape index (κ2) is 7.49. The highest BCUT2D eigenvalue weighted by molar-refractivity contribution is 8.00. The molecule has 6 heteroatoms. The van der Waals surface area contributed by atoms with Crippen LogP contribution in [0.3, 0.4) is 0 Å². The standard InChI is InChI=1S/C17H16ClN3OS/c1-10-11(2)13(8-19)17(20-12(10)3)23-9-16(22)21-15-7-5-4-6-14(15)18/h4-7H,9H2,1-3H3,(H,21,22). The number of hydrogen-bond donors (Lipinski definition) is 1. The minimum atomic E-state index is -0.190. The Morgan fingerprint density at radius 1 is 1.30 bits per heavy atom. The van der Waals surface area contributed by atoms with Crippen LogP contribution in [0.5, 0.6) is 0 Å². The van der Waals surface area contributed by atoms with Crippen molar-refractivity contribution in [3.8, 4) is 6.07 Å². The molecule has 0 bridgehead atoms. The van der Waals surface area contributed by atoms with E-state index in [-0.39, 0.29) is 11.7 Å². The maximum absolute atomic E-state index is 12.1. The Morgan fingerprint density at radius 2 is 2.00 bits per heavy atom. The number of nitrogens with zero attached hydrogens (tertiary/aromatic N) is 2. The normalized spacial score (nSPS) is 10.2. The number of amides is 1. The van der Waals surface area contributed by atoms with Crippen LogP contribution in [0.4, 0.5) is 5.69 Å².